The molecule has 1 heterocycles. The predicted molar refractivity (Wildman–Crippen MR) is 37.3 cm³/mol. The van der Waals surface area contributed by atoms with Gasteiger partial charge in [-0.15, -0.1) is 0 Å². The fraction of sp³-hybridized carbons (Fsp3) is 0. The molecule has 0 aromatic carbocycles. The summed E-state index contributed by atoms with van der Waals surface area (Å²) in [5.41, 5.74) is 0. The summed E-state index contributed by atoms with van der Waals surface area (Å²) in [6, 6.07) is 2.59. The molecule has 0 unspecified atom stereocenters. The van der Waals surface area contributed by atoms with Crippen molar-refractivity contribution in [3.63, 3.8) is 0 Å². The van der Waals surface area contributed by atoms with Crippen LogP contribution in [0.2, 0.25) is 5.02 Å². The van der Waals surface area contributed by atoms with Crippen LogP contribution in [0.5, 0.6) is 0 Å². The zero-order valence-electron chi connectivity index (χ0n) is 5.75. The van der Waals surface area contributed by atoms with Gasteiger partial charge in [0.1, 0.15) is 0 Å². The van der Waals surface area contributed by atoms with Crippen LogP contribution in [-0.2, 0) is 0 Å². The molecule has 12 heavy (non-hydrogen) atoms. The Morgan fingerprint density at radius 2 is 1.75 bits per heavy atom. The van der Waals surface area contributed by atoms with Crippen LogP contribution in [0.1, 0.15) is 0 Å². The molecule has 0 spiro atoms. The Kier molecular flexibility index (Phi) is 2.47. The minimum atomic E-state index is -5.27. The van der Waals surface area contributed by atoms with Gasteiger partial charge < -0.3 is 17.7 Å². The fourth-order valence-electron chi connectivity index (χ4n) is 0.603. The van der Waals surface area contributed by atoms with Crippen LogP contribution in [0, 0.1) is 0 Å². The van der Waals surface area contributed by atoms with Crippen LogP contribution in [-0.4, -0.2) is 7.18 Å². The molecule has 0 aliphatic rings. The van der Waals surface area contributed by atoms with Crippen molar-refractivity contribution in [1.29, 1.82) is 0 Å². The maximum absolute atomic E-state index is 11.6. The Hall–Kier alpha value is -0.905. The predicted octanol–water partition coefficient (Wildman–Crippen LogP) is 1.40. The van der Waals surface area contributed by atoms with E-state index in [2.05, 4.69) is 4.76 Å². The van der Waals surface area contributed by atoms with Gasteiger partial charge in [0.2, 0.25) is 12.4 Å². The number of hydrogen-bond acceptors (Lipinski definition) is 1. The highest BCUT2D eigenvalue weighted by molar-refractivity contribution is 6.50. The summed E-state index contributed by atoms with van der Waals surface area (Å²) in [5, 5.41) is 0.351. The summed E-state index contributed by atoms with van der Waals surface area (Å²) in [4.78, 5) is 0. The van der Waals surface area contributed by atoms with Crippen molar-refractivity contribution in [1.82, 2.24) is 0 Å². The second-order valence-electron chi connectivity index (χ2n) is 2.00. The van der Waals surface area contributed by atoms with Crippen LogP contribution in [0.4, 0.5) is 12.9 Å². The second-order valence-corrected chi connectivity index (χ2v) is 2.43. The molecule has 0 bridgehead atoms. The zero-order valence-corrected chi connectivity index (χ0v) is 6.51. The van der Waals surface area contributed by atoms with Gasteiger partial charge in [-0.25, -0.2) is 0 Å². The van der Waals surface area contributed by atoms with Crippen molar-refractivity contribution < 1.29 is 22.4 Å². The molecule has 7 heteroatoms. The molecule has 0 fully saturated rings. The first-order valence-corrected chi connectivity index (χ1v) is 3.40. The van der Waals surface area contributed by atoms with Gasteiger partial charge in [-0.05, 0) is 4.73 Å². The van der Waals surface area contributed by atoms with Crippen molar-refractivity contribution in [3.8, 4) is 0 Å². The fourth-order valence-corrected chi connectivity index (χ4v) is 0.716. The molecule has 1 aromatic heterocycles. The number of aromatic nitrogens is 1. The van der Waals surface area contributed by atoms with Gasteiger partial charge in [0, 0.05) is 12.1 Å². The van der Waals surface area contributed by atoms with Crippen molar-refractivity contribution in [3.05, 3.63) is 29.5 Å². The molecule has 2 nitrogen and oxygen atoms in total. The summed E-state index contributed by atoms with van der Waals surface area (Å²) in [6.45, 7) is 0. The average Bonchev–Trinajstić information content (AvgIpc) is 1.91. The first-order valence-electron chi connectivity index (χ1n) is 3.02. The third kappa shape index (κ3) is 3.00. The Morgan fingerprint density at radius 1 is 1.25 bits per heavy atom. The highest BCUT2D eigenvalue weighted by Gasteiger charge is 2.33. The van der Waals surface area contributed by atoms with Crippen LogP contribution in [0.15, 0.2) is 24.5 Å². The lowest BCUT2D eigenvalue weighted by Gasteiger charge is -2.09. The third-order valence-corrected chi connectivity index (χ3v) is 1.25. The van der Waals surface area contributed by atoms with Gasteiger partial charge in [-0.3, -0.25) is 0 Å². The maximum atomic E-state index is 11.6. The Bertz CT molecular complexity index is 262. The van der Waals surface area contributed by atoms with E-state index in [9.17, 15) is 12.9 Å². The lowest BCUT2D eigenvalue weighted by molar-refractivity contribution is -0.868. The molecule has 0 aliphatic heterocycles. The van der Waals surface area contributed by atoms with E-state index in [4.69, 9.17) is 11.6 Å². The lowest BCUT2D eigenvalue weighted by atomic mass is 10.3. The van der Waals surface area contributed by atoms with Gasteiger partial charge in [0.05, 0.1) is 5.02 Å². The molecule has 0 radical (unpaired) electrons. The molecule has 0 N–H and O–H groups in total. The second kappa shape index (κ2) is 3.22. The van der Waals surface area contributed by atoms with Crippen LogP contribution in [0.3, 0.4) is 0 Å². The monoisotopic (exact) mass is 197 g/mol. The summed E-state index contributed by atoms with van der Waals surface area (Å²) < 4.78 is 39.0. The van der Waals surface area contributed by atoms with Gasteiger partial charge in [-0.1, -0.05) is 11.6 Å². The minimum absolute atomic E-state index is 0.351. The quantitative estimate of drug-likeness (QED) is 0.516. The largest absolute Gasteiger partial charge is 0.752 e. The summed E-state index contributed by atoms with van der Waals surface area (Å²) in [6.07, 6.45) is 2.16. The smallest absolute Gasteiger partial charge is 0.407 e. The van der Waals surface area contributed by atoms with E-state index in [0.29, 0.717) is 9.75 Å². The number of pyridine rings is 1. The summed E-state index contributed by atoms with van der Waals surface area (Å²) in [7, 11) is -5.27. The van der Waals surface area contributed by atoms with Gasteiger partial charge >= 0.3 is 7.18 Å². The van der Waals surface area contributed by atoms with E-state index in [0.717, 1.165) is 12.4 Å². The Morgan fingerprint density at radius 3 is 2.17 bits per heavy atom. The Balaban J connectivity index is 2.71. The SMILES string of the molecule is F[B-](F)(F)O[n+]1ccc(Cl)cc1. The van der Waals surface area contributed by atoms with Crippen molar-refractivity contribution in [2.45, 2.75) is 0 Å². The molecule has 0 aliphatic carbocycles. The highest BCUT2D eigenvalue weighted by atomic mass is 35.5. The number of nitrogens with zero attached hydrogens (tertiary/aromatic N) is 1. The van der Waals surface area contributed by atoms with E-state index in [1.54, 1.807) is 0 Å². The first kappa shape index (κ1) is 9.19. The molecule has 0 atom stereocenters. The van der Waals surface area contributed by atoms with Crippen LogP contribution in [0.25, 0.3) is 0 Å². The number of rotatable bonds is 2. The molecular formula is C5H4BClF3NO. The topological polar surface area (TPSA) is 13.1 Å². The molecule has 1 rings (SSSR count). The molecule has 0 saturated heterocycles. The van der Waals surface area contributed by atoms with Crippen molar-refractivity contribution in [2.75, 3.05) is 0 Å². The van der Waals surface area contributed by atoms with E-state index in [1.807, 2.05) is 0 Å². The average molecular weight is 197 g/mol. The van der Waals surface area contributed by atoms with Crippen molar-refractivity contribution in [2.24, 2.45) is 0 Å². The molecule has 1 aromatic rings. The number of hydrogen-bond donors (Lipinski definition) is 0. The zero-order chi connectivity index (χ0) is 9.19. The molecular weight excluding hydrogens is 193 g/mol. The van der Waals surface area contributed by atoms with Gasteiger partial charge in [-0.2, -0.15) is 0 Å². The van der Waals surface area contributed by atoms with E-state index < -0.39 is 7.18 Å². The standard InChI is InChI=1S/C5H4BClF3NO/c7-5-1-3-11(4-2-5)12-6(8,9)10/h1-4H. The molecule has 66 valence electrons. The summed E-state index contributed by atoms with van der Waals surface area (Å²) in [5.74, 6) is 0. The van der Waals surface area contributed by atoms with Crippen LogP contribution < -0.4 is 9.49 Å². The highest BCUT2D eigenvalue weighted by Crippen LogP contribution is 2.05. The Labute approximate surface area is 71.6 Å². The first-order chi connectivity index (χ1) is 5.47. The maximum Gasteiger partial charge on any atom is 0.752 e. The minimum Gasteiger partial charge on any atom is -0.407 e. The van der Waals surface area contributed by atoms with Gasteiger partial charge in [0.15, 0.2) is 0 Å². The van der Waals surface area contributed by atoms with Crippen LogP contribution >= 0.6 is 11.6 Å². The molecule has 0 saturated carbocycles. The molecule has 0 amide bonds. The third-order valence-electron chi connectivity index (χ3n) is 1.00. The van der Waals surface area contributed by atoms with E-state index in [1.165, 1.54) is 12.1 Å². The van der Waals surface area contributed by atoms with Crippen molar-refractivity contribution >= 4 is 18.8 Å². The number of halogens is 4. The van der Waals surface area contributed by atoms with Gasteiger partial charge in [0.25, 0.3) is 0 Å². The normalized spacial score (nSPS) is 11.3. The summed E-state index contributed by atoms with van der Waals surface area (Å²) >= 11 is 5.44. The van der Waals surface area contributed by atoms with E-state index in [-0.39, 0.29) is 0 Å². The van der Waals surface area contributed by atoms with E-state index >= 15 is 0 Å². The lowest BCUT2D eigenvalue weighted by Crippen LogP contribution is -2.52.